The third-order valence-electron chi connectivity index (χ3n) is 4.36. The molecule has 7 heteroatoms. The highest BCUT2D eigenvalue weighted by molar-refractivity contribution is 7.89. The third kappa shape index (κ3) is 3.33. The Labute approximate surface area is 166 Å². The molecular formula is C21H14ClNO4S. The van der Waals surface area contributed by atoms with Crippen molar-refractivity contribution in [3.8, 4) is 22.5 Å². The lowest BCUT2D eigenvalue weighted by molar-refractivity contribution is 0.597. The quantitative estimate of drug-likeness (QED) is 0.540. The highest BCUT2D eigenvalue weighted by Crippen LogP contribution is 2.33. The van der Waals surface area contributed by atoms with E-state index in [1.54, 1.807) is 60.7 Å². The zero-order valence-corrected chi connectivity index (χ0v) is 16.0. The Morgan fingerprint density at radius 2 is 1.57 bits per heavy atom. The van der Waals surface area contributed by atoms with E-state index in [1.807, 2.05) is 0 Å². The van der Waals surface area contributed by atoms with Crippen molar-refractivity contribution in [1.82, 2.24) is 0 Å². The minimum atomic E-state index is -3.82. The van der Waals surface area contributed by atoms with Crippen LogP contribution in [0.15, 0.2) is 86.9 Å². The highest BCUT2D eigenvalue weighted by atomic mass is 35.5. The van der Waals surface area contributed by atoms with Gasteiger partial charge in [0.2, 0.25) is 15.5 Å². The molecule has 0 saturated heterocycles. The average molecular weight is 412 g/mol. The number of primary sulfonamides is 1. The zero-order valence-electron chi connectivity index (χ0n) is 14.4. The second-order valence-corrected chi connectivity index (χ2v) is 8.21. The molecular weight excluding hydrogens is 398 g/mol. The van der Waals surface area contributed by atoms with Crippen LogP contribution in [0.3, 0.4) is 0 Å². The van der Waals surface area contributed by atoms with E-state index in [4.69, 9.17) is 21.2 Å². The van der Waals surface area contributed by atoms with Crippen molar-refractivity contribution in [3.63, 3.8) is 0 Å². The van der Waals surface area contributed by atoms with E-state index < -0.39 is 10.0 Å². The lowest BCUT2D eigenvalue weighted by Crippen LogP contribution is -2.12. The van der Waals surface area contributed by atoms with Gasteiger partial charge < -0.3 is 4.42 Å². The SMILES string of the molecule is NS(=O)(=O)c1ccc(-c2oc3ccccc3c(=O)c2-c2cccc(Cl)c2)cc1. The number of hydrogen-bond acceptors (Lipinski definition) is 4. The monoisotopic (exact) mass is 411 g/mol. The van der Waals surface area contributed by atoms with E-state index in [2.05, 4.69) is 0 Å². The molecule has 1 aromatic heterocycles. The lowest BCUT2D eigenvalue weighted by Gasteiger charge is -2.11. The summed E-state index contributed by atoms with van der Waals surface area (Å²) in [4.78, 5) is 13.2. The molecule has 0 saturated carbocycles. The van der Waals surface area contributed by atoms with Crippen molar-refractivity contribution in [2.24, 2.45) is 5.14 Å². The lowest BCUT2D eigenvalue weighted by atomic mass is 9.98. The van der Waals surface area contributed by atoms with E-state index in [0.717, 1.165) is 0 Å². The highest BCUT2D eigenvalue weighted by Gasteiger charge is 2.18. The van der Waals surface area contributed by atoms with E-state index in [-0.39, 0.29) is 10.3 Å². The van der Waals surface area contributed by atoms with E-state index in [0.29, 0.717) is 38.4 Å². The molecule has 140 valence electrons. The van der Waals surface area contributed by atoms with Gasteiger partial charge in [0.25, 0.3) is 0 Å². The normalized spacial score (nSPS) is 11.6. The molecule has 5 nitrogen and oxygen atoms in total. The Morgan fingerprint density at radius 3 is 2.25 bits per heavy atom. The summed E-state index contributed by atoms with van der Waals surface area (Å²) in [5, 5.41) is 6.10. The number of hydrogen-bond donors (Lipinski definition) is 1. The minimum Gasteiger partial charge on any atom is -0.455 e. The minimum absolute atomic E-state index is 0.0244. The number of para-hydroxylation sites is 1. The van der Waals surface area contributed by atoms with Gasteiger partial charge in [-0.15, -0.1) is 0 Å². The van der Waals surface area contributed by atoms with Crippen LogP contribution in [0, 0.1) is 0 Å². The van der Waals surface area contributed by atoms with Crippen LogP contribution in [-0.2, 0) is 10.0 Å². The molecule has 0 aliphatic heterocycles. The molecule has 0 atom stereocenters. The average Bonchev–Trinajstić information content (AvgIpc) is 2.67. The Balaban J connectivity index is 2.04. The fraction of sp³-hybridized carbons (Fsp3) is 0. The number of halogens is 1. The predicted octanol–water partition coefficient (Wildman–Crippen LogP) is 4.43. The molecule has 0 unspecified atom stereocenters. The van der Waals surface area contributed by atoms with Gasteiger partial charge in [-0.2, -0.15) is 0 Å². The number of fused-ring (bicyclic) bond motifs is 1. The molecule has 0 aliphatic carbocycles. The Morgan fingerprint density at radius 1 is 0.857 bits per heavy atom. The van der Waals surface area contributed by atoms with Crippen LogP contribution in [0.1, 0.15) is 0 Å². The van der Waals surface area contributed by atoms with Crippen LogP contribution in [0.25, 0.3) is 33.4 Å². The van der Waals surface area contributed by atoms with E-state index in [1.165, 1.54) is 12.1 Å². The van der Waals surface area contributed by atoms with Crippen molar-refractivity contribution in [2.75, 3.05) is 0 Å². The summed E-state index contributed by atoms with van der Waals surface area (Å²) in [6, 6.07) is 19.7. The van der Waals surface area contributed by atoms with Gasteiger partial charge in [0.15, 0.2) is 0 Å². The molecule has 4 rings (SSSR count). The Bertz CT molecular complexity index is 1360. The van der Waals surface area contributed by atoms with E-state index in [9.17, 15) is 13.2 Å². The first-order valence-corrected chi connectivity index (χ1v) is 10.2. The first-order chi connectivity index (χ1) is 13.3. The van der Waals surface area contributed by atoms with Crippen molar-refractivity contribution < 1.29 is 12.8 Å². The van der Waals surface area contributed by atoms with Crippen molar-refractivity contribution in [2.45, 2.75) is 4.90 Å². The second-order valence-electron chi connectivity index (χ2n) is 6.21. The number of benzene rings is 3. The Kier molecular flexibility index (Phi) is 4.55. The largest absolute Gasteiger partial charge is 0.455 e. The van der Waals surface area contributed by atoms with Gasteiger partial charge >= 0.3 is 0 Å². The number of nitrogens with two attached hydrogens (primary N) is 1. The molecule has 0 spiro atoms. The molecule has 3 aromatic carbocycles. The first-order valence-electron chi connectivity index (χ1n) is 8.29. The summed E-state index contributed by atoms with van der Waals surface area (Å²) < 4.78 is 29.1. The number of sulfonamides is 1. The van der Waals surface area contributed by atoms with E-state index >= 15 is 0 Å². The van der Waals surface area contributed by atoms with Gasteiger partial charge in [0.1, 0.15) is 11.3 Å². The summed E-state index contributed by atoms with van der Waals surface area (Å²) in [7, 11) is -3.82. The fourth-order valence-corrected chi connectivity index (χ4v) is 3.75. The van der Waals surface area contributed by atoms with Gasteiger partial charge in [-0.3, -0.25) is 4.79 Å². The van der Waals surface area contributed by atoms with Crippen LogP contribution in [0.5, 0.6) is 0 Å². The molecule has 0 aliphatic rings. The third-order valence-corrected chi connectivity index (χ3v) is 5.52. The molecule has 0 amide bonds. The molecule has 0 fully saturated rings. The molecule has 4 aromatic rings. The van der Waals surface area contributed by atoms with Crippen LogP contribution in [-0.4, -0.2) is 8.42 Å². The predicted molar refractivity (Wildman–Crippen MR) is 110 cm³/mol. The van der Waals surface area contributed by atoms with Crippen LogP contribution >= 0.6 is 11.6 Å². The standard InChI is InChI=1S/C21H14ClNO4S/c22-15-5-3-4-14(12-15)19-20(24)17-6-1-2-7-18(17)27-21(19)13-8-10-16(11-9-13)28(23,25)26/h1-12H,(H2,23,25,26). The number of rotatable bonds is 3. The summed E-state index contributed by atoms with van der Waals surface area (Å²) >= 11 is 6.12. The van der Waals surface area contributed by atoms with Crippen LogP contribution < -0.4 is 10.6 Å². The molecule has 0 bridgehead atoms. The molecule has 28 heavy (non-hydrogen) atoms. The van der Waals surface area contributed by atoms with Crippen molar-refractivity contribution in [1.29, 1.82) is 0 Å². The Hall–Kier alpha value is -2.93. The van der Waals surface area contributed by atoms with Gasteiger partial charge in [0.05, 0.1) is 15.8 Å². The van der Waals surface area contributed by atoms with Gasteiger partial charge in [-0.05, 0) is 54.1 Å². The maximum Gasteiger partial charge on any atom is 0.238 e. The molecule has 1 heterocycles. The van der Waals surface area contributed by atoms with Gasteiger partial charge in [0, 0.05) is 10.6 Å². The van der Waals surface area contributed by atoms with Gasteiger partial charge in [-0.25, -0.2) is 13.6 Å². The summed E-state index contributed by atoms with van der Waals surface area (Å²) in [5.74, 6) is 0.326. The van der Waals surface area contributed by atoms with Crippen molar-refractivity contribution >= 4 is 32.6 Å². The molecule has 0 radical (unpaired) electrons. The maximum atomic E-state index is 13.2. The summed E-state index contributed by atoms with van der Waals surface area (Å²) in [6.07, 6.45) is 0. The summed E-state index contributed by atoms with van der Waals surface area (Å²) in [6.45, 7) is 0. The summed E-state index contributed by atoms with van der Waals surface area (Å²) in [5.41, 5.74) is 1.74. The maximum absolute atomic E-state index is 13.2. The fourth-order valence-electron chi connectivity index (χ4n) is 3.05. The van der Waals surface area contributed by atoms with Gasteiger partial charge in [-0.1, -0.05) is 35.9 Å². The zero-order chi connectivity index (χ0) is 19.9. The van der Waals surface area contributed by atoms with Crippen molar-refractivity contribution in [3.05, 3.63) is 88.0 Å². The second kappa shape index (κ2) is 6.91. The first kappa shape index (κ1) is 18.4. The van der Waals surface area contributed by atoms with Crippen LogP contribution in [0.2, 0.25) is 5.02 Å². The molecule has 2 N–H and O–H groups in total. The topological polar surface area (TPSA) is 90.4 Å². The smallest absolute Gasteiger partial charge is 0.238 e. The van der Waals surface area contributed by atoms with Crippen LogP contribution in [0.4, 0.5) is 0 Å².